The fourth-order valence-electron chi connectivity index (χ4n) is 2.76. The summed E-state index contributed by atoms with van der Waals surface area (Å²) in [6, 6.07) is 0. The average molecular weight is 235 g/mol. The van der Waals surface area contributed by atoms with Crippen LogP contribution in [0.5, 0.6) is 0 Å². The lowest BCUT2D eigenvalue weighted by atomic mass is 9.83. The van der Waals surface area contributed by atoms with Crippen LogP contribution in [-0.4, -0.2) is 23.2 Å². The van der Waals surface area contributed by atoms with E-state index in [1.165, 1.54) is 32.1 Å². The van der Waals surface area contributed by atoms with Crippen LogP contribution in [-0.2, 0) is 12.8 Å². The first-order valence-corrected chi connectivity index (χ1v) is 6.92. The minimum atomic E-state index is 0.693. The second kappa shape index (κ2) is 5.17. The highest BCUT2D eigenvalue weighted by Crippen LogP contribution is 2.29. The van der Waals surface area contributed by atoms with Crippen LogP contribution in [0.15, 0.2) is 4.52 Å². The highest BCUT2D eigenvalue weighted by molar-refractivity contribution is 4.92. The van der Waals surface area contributed by atoms with Crippen LogP contribution in [0.1, 0.15) is 43.8 Å². The topological polar surface area (TPSA) is 51.0 Å². The molecule has 1 saturated heterocycles. The second-order valence-corrected chi connectivity index (χ2v) is 5.52. The fraction of sp³-hybridized carbons (Fsp3) is 0.846. The molecule has 1 aromatic heterocycles. The van der Waals surface area contributed by atoms with Crippen molar-refractivity contribution >= 4 is 0 Å². The molecule has 3 rings (SSSR count). The van der Waals surface area contributed by atoms with Gasteiger partial charge >= 0.3 is 0 Å². The lowest BCUT2D eigenvalue weighted by Crippen LogP contribution is -2.31. The van der Waals surface area contributed by atoms with E-state index in [0.29, 0.717) is 5.92 Å². The van der Waals surface area contributed by atoms with E-state index < -0.39 is 0 Å². The Hall–Kier alpha value is -0.900. The van der Waals surface area contributed by atoms with Crippen molar-refractivity contribution in [3.63, 3.8) is 0 Å². The van der Waals surface area contributed by atoms with Crippen molar-refractivity contribution < 1.29 is 4.52 Å². The van der Waals surface area contributed by atoms with Crippen LogP contribution in [0.4, 0.5) is 0 Å². The van der Waals surface area contributed by atoms with Gasteiger partial charge in [-0.05, 0) is 50.6 Å². The molecule has 1 unspecified atom stereocenters. The summed E-state index contributed by atoms with van der Waals surface area (Å²) in [6.07, 6.45) is 8.59. The molecule has 1 aromatic rings. The highest BCUT2D eigenvalue weighted by atomic mass is 16.5. The Morgan fingerprint density at radius 3 is 2.71 bits per heavy atom. The van der Waals surface area contributed by atoms with Gasteiger partial charge in [-0.15, -0.1) is 0 Å². The zero-order chi connectivity index (χ0) is 11.5. The molecule has 2 heterocycles. The van der Waals surface area contributed by atoms with Crippen LogP contribution in [0.25, 0.3) is 0 Å². The Balaban J connectivity index is 1.52. The Morgan fingerprint density at radius 1 is 1.12 bits per heavy atom. The van der Waals surface area contributed by atoms with Crippen molar-refractivity contribution in [1.82, 2.24) is 15.5 Å². The normalized spacial score (nSPS) is 25.8. The molecule has 1 aliphatic heterocycles. The minimum absolute atomic E-state index is 0.693. The van der Waals surface area contributed by atoms with Gasteiger partial charge in [0.05, 0.1) is 0 Å². The third-order valence-corrected chi connectivity index (χ3v) is 4.07. The van der Waals surface area contributed by atoms with Crippen LogP contribution in [0.3, 0.4) is 0 Å². The van der Waals surface area contributed by atoms with Crippen LogP contribution >= 0.6 is 0 Å². The smallest absolute Gasteiger partial charge is 0.226 e. The van der Waals surface area contributed by atoms with Gasteiger partial charge in [-0.3, -0.25) is 0 Å². The molecular weight excluding hydrogens is 214 g/mol. The lowest BCUT2D eigenvalue weighted by molar-refractivity contribution is 0.272. The SMILES string of the molecule is C1CNCC(Cc2noc(CC3CCC3)n2)C1. The van der Waals surface area contributed by atoms with Gasteiger partial charge in [0.1, 0.15) is 0 Å². The van der Waals surface area contributed by atoms with Gasteiger partial charge in [0.25, 0.3) is 0 Å². The van der Waals surface area contributed by atoms with E-state index in [1.807, 2.05) is 0 Å². The van der Waals surface area contributed by atoms with Gasteiger partial charge in [0.2, 0.25) is 5.89 Å². The molecular formula is C13H21N3O. The Labute approximate surface area is 102 Å². The van der Waals surface area contributed by atoms with E-state index in [9.17, 15) is 0 Å². The van der Waals surface area contributed by atoms with Crippen molar-refractivity contribution in [3.05, 3.63) is 11.7 Å². The van der Waals surface area contributed by atoms with Crippen molar-refractivity contribution in [3.8, 4) is 0 Å². The molecule has 4 heteroatoms. The number of aromatic nitrogens is 2. The highest BCUT2D eigenvalue weighted by Gasteiger charge is 2.22. The zero-order valence-electron chi connectivity index (χ0n) is 10.3. The summed E-state index contributed by atoms with van der Waals surface area (Å²) in [5.41, 5.74) is 0. The molecule has 94 valence electrons. The minimum Gasteiger partial charge on any atom is -0.339 e. The molecule has 1 atom stereocenters. The van der Waals surface area contributed by atoms with Crippen molar-refractivity contribution in [2.45, 2.75) is 44.9 Å². The monoisotopic (exact) mass is 235 g/mol. The van der Waals surface area contributed by atoms with E-state index in [-0.39, 0.29) is 0 Å². The number of piperidine rings is 1. The third-order valence-electron chi connectivity index (χ3n) is 4.07. The number of rotatable bonds is 4. The molecule has 2 fully saturated rings. The molecule has 17 heavy (non-hydrogen) atoms. The average Bonchev–Trinajstić information content (AvgIpc) is 2.73. The quantitative estimate of drug-likeness (QED) is 0.866. The van der Waals surface area contributed by atoms with Gasteiger partial charge in [-0.2, -0.15) is 4.98 Å². The molecule has 0 radical (unpaired) electrons. The first-order chi connectivity index (χ1) is 8.40. The van der Waals surface area contributed by atoms with Gasteiger partial charge in [0.15, 0.2) is 5.82 Å². The van der Waals surface area contributed by atoms with Crippen molar-refractivity contribution in [2.75, 3.05) is 13.1 Å². The maximum atomic E-state index is 5.33. The molecule has 0 spiro atoms. The van der Waals surface area contributed by atoms with Crippen molar-refractivity contribution in [2.24, 2.45) is 11.8 Å². The molecule has 0 amide bonds. The Morgan fingerprint density at radius 2 is 2.00 bits per heavy atom. The van der Waals surface area contributed by atoms with Gasteiger partial charge in [-0.25, -0.2) is 0 Å². The predicted octanol–water partition coefficient (Wildman–Crippen LogP) is 1.95. The Bertz CT molecular complexity index is 353. The van der Waals surface area contributed by atoms with E-state index in [4.69, 9.17) is 4.52 Å². The summed E-state index contributed by atoms with van der Waals surface area (Å²) in [5.74, 6) is 3.26. The summed E-state index contributed by atoms with van der Waals surface area (Å²) >= 11 is 0. The number of nitrogens with one attached hydrogen (secondary N) is 1. The molecule has 0 aromatic carbocycles. The summed E-state index contributed by atoms with van der Waals surface area (Å²) in [6.45, 7) is 2.27. The Kier molecular flexibility index (Phi) is 3.41. The van der Waals surface area contributed by atoms with Crippen LogP contribution in [0.2, 0.25) is 0 Å². The molecule has 0 bridgehead atoms. The van der Waals surface area contributed by atoms with E-state index in [0.717, 1.165) is 43.6 Å². The number of hydrogen-bond acceptors (Lipinski definition) is 4. The van der Waals surface area contributed by atoms with Gasteiger partial charge in [0, 0.05) is 12.8 Å². The number of hydrogen-bond donors (Lipinski definition) is 1. The molecule has 1 saturated carbocycles. The van der Waals surface area contributed by atoms with Crippen LogP contribution < -0.4 is 5.32 Å². The lowest BCUT2D eigenvalue weighted by Gasteiger charge is -2.23. The maximum absolute atomic E-state index is 5.33. The summed E-state index contributed by atoms with van der Waals surface area (Å²) in [7, 11) is 0. The largest absolute Gasteiger partial charge is 0.339 e. The summed E-state index contributed by atoms with van der Waals surface area (Å²) in [4.78, 5) is 4.52. The van der Waals surface area contributed by atoms with E-state index in [1.54, 1.807) is 0 Å². The molecule has 1 N–H and O–H groups in total. The zero-order valence-corrected chi connectivity index (χ0v) is 10.3. The standard InChI is InChI=1S/C13H21N3O/c1-3-10(4-1)8-13-15-12(16-17-13)7-11-5-2-6-14-9-11/h10-11,14H,1-9H2. The predicted molar refractivity (Wildman–Crippen MR) is 64.6 cm³/mol. The molecule has 4 nitrogen and oxygen atoms in total. The maximum Gasteiger partial charge on any atom is 0.226 e. The van der Waals surface area contributed by atoms with Gasteiger partial charge < -0.3 is 9.84 Å². The first kappa shape index (κ1) is 11.2. The van der Waals surface area contributed by atoms with Crippen molar-refractivity contribution in [1.29, 1.82) is 0 Å². The second-order valence-electron chi connectivity index (χ2n) is 5.52. The third kappa shape index (κ3) is 2.86. The van der Waals surface area contributed by atoms with E-state index in [2.05, 4.69) is 15.5 Å². The summed E-state index contributed by atoms with van der Waals surface area (Å²) in [5, 5.41) is 7.53. The summed E-state index contributed by atoms with van der Waals surface area (Å²) < 4.78 is 5.33. The first-order valence-electron chi connectivity index (χ1n) is 6.92. The fourth-order valence-corrected chi connectivity index (χ4v) is 2.76. The van der Waals surface area contributed by atoms with E-state index >= 15 is 0 Å². The van der Waals surface area contributed by atoms with Gasteiger partial charge in [-0.1, -0.05) is 11.6 Å². The molecule has 1 aliphatic carbocycles. The number of nitrogens with zero attached hydrogens (tertiary/aromatic N) is 2. The van der Waals surface area contributed by atoms with Crippen LogP contribution in [0, 0.1) is 11.8 Å². The molecule has 2 aliphatic rings.